The minimum absolute atomic E-state index is 0.0697. The number of ether oxygens (including phenoxy) is 1. The Morgan fingerprint density at radius 3 is 2.18 bits per heavy atom. The minimum atomic E-state index is -1.17. The van der Waals surface area contributed by atoms with Crippen molar-refractivity contribution in [2.75, 3.05) is 6.54 Å². The Hall–Kier alpha value is -3.30. The van der Waals surface area contributed by atoms with Crippen molar-refractivity contribution < 1.29 is 29.0 Å². The van der Waals surface area contributed by atoms with Crippen LogP contribution in [0.1, 0.15) is 105 Å². The largest absolute Gasteiger partial charge is 0.508 e. The molecule has 0 fully saturated rings. The van der Waals surface area contributed by atoms with E-state index in [0.717, 1.165) is 32.1 Å². The van der Waals surface area contributed by atoms with Gasteiger partial charge in [0, 0.05) is 24.6 Å². The fraction of sp³-hybridized carbons (Fsp3) is 0.655. The van der Waals surface area contributed by atoms with E-state index in [2.05, 4.69) is 17.6 Å². The van der Waals surface area contributed by atoms with Crippen molar-refractivity contribution >= 4 is 23.8 Å². The molecule has 1 aromatic rings. The normalized spacial score (nSPS) is 12.9. The van der Waals surface area contributed by atoms with E-state index >= 15 is 0 Å². The van der Waals surface area contributed by atoms with Crippen LogP contribution in [0.2, 0.25) is 0 Å². The molecule has 10 heteroatoms. The topological polar surface area (TPSA) is 151 Å². The van der Waals surface area contributed by atoms with Crippen molar-refractivity contribution in [2.24, 2.45) is 5.73 Å². The molecule has 2 atom stereocenters. The van der Waals surface area contributed by atoms with Crippen LogP contribution >= 0.6 is 0 Å². The second kappa shape index (κ2) is 16.6. The molecule has 220 valence electrons. The van der Waals surface area contributed by atoms with Crippen molar-refractivity contribution in [3.63, 3.8) is 0 Å². The van der Waals surface area contributed by atoms with Gasteiger partial charge in [0.15, 0.2) is 0 Å². The fourth-order valence-corrected chi connectivity index (χ4v) is 4.16. The molecule has 0 saturated carbocycles. The van der Waals surface area contributed by atoms with E-state index in [1.54, 1.807) is 52.8 Å². The van der Waals surface area contributed by atoms with Gasteiger partial charge in [0.1, 0.15) is 23.4 Å². The highest BCUT2D eigenvalue weighted by Crippen LogP contribution is 2.30. The zero-order valence-corrected chi connectivity index (χ0v) is 24.4. The van der Waals surface area contributed by atoms with E-state index < -0.39 is 41.5 Å². The SMILES string of the molecule is CCCCCCCCN(C(=O)C(CCC(N)=O)NC(=O)OC(C)(C)C)C(C(=O)NC(C)C)c1ccccc1O. The Bertz CT molecular complexity index is 944. The van der Waals surface area contributed by atoms with E-state index in [9.17, 15) is 24.3 Å². The predicted molar refractivity (Wildman–Crippen MR) is 151 cm³/mol. The molecule has 1 aromatic carbocycles. The standard InChI is InChI=1S/C29H48N4O6/c1-7-8-9-10-11-14-19-33(25(26(36)31-20(2)3)21-15-12-13-16-23(21)34)27(37)22(17-18-24(30)35)32-28(38)39-29(4,5)6/h12-13,15-16,20,22,25,34H,7-11,14,17-19H2,1-6H3,(H2,30,35)(H,31,36)(H,32,38). The Labute approximate surface area is 233 Å². The number of carbonyl (C=O) groups excluding carboxylic acids is 4. The third-order valence-electron chi connectivity index (χ3n) is 5.93. The van der Waals surface area contributed by atoms with Crippen LogP contribution in [0, 0.1) is 0 Å². The summed E-state index contributed by atoms with van der Waals surface area (Å²) in [4.78, 5) is 53.2. The van der Waals surface area contributed by atoms with Crippen LogP contribution in [0.15, 0.2) is 24.3 Å². The molecule has 0 saturated heterocycles. The van der Waals surface area contributed by atoms with Crippen LogP contribution in [0.5, 0.6) is 5.75 Å². The zero-order chi connectivity index (χ0) is 29.6. The highest BCUT2D eigenvalue weighted by molar-refractivity contribution is 5.93. The van der Waals surface area contributed by atoms with Crippen molar-refractivity contribution in [1.29, 1.82) is 0 Å². The second-order valence-electron chi connectivity index (χ2n) is 11.1. The minimum Gasteiger partial charge on any atom is -0.508 e. The van der Waals surface area contributed by atoms with Crippen molar-refractivity contribution in [3.8, 4) is 5.75 Å². The number of unbranched alkanes of at least 4 members (excludes halogenated alkanes) is 5. The summed E-state index contributed by atoms with van der Waals surface area (Å²) in [5.74, 6) is -1.79. The molecule has 0 heterocycles. The third kappa shape index (κ3) is 12.9. The Morgan fingerprint density at radius 1 is 1.00 bits per heavy atom. The number of nitrogens with zero attached hydrogens (tertiary/aromatic N) is 1. The van der Waals surface area contributed by atoms with Gasteiger partial charge in [0.25, 0.3) is 0 Å². The fourth-order valence-electron chi connectivity index (χ4n) is 4.16. The molecule has 5 N–H and O–H groups in total. The number of phenols is 1. The molecule has 10 nitrogen and oxygen atoms in total. The zero-order valence-electron chi connectivity index (χ0n) is 24.4. The van der Waals surface area contributed by atoms with Crippen LogP contribution in [0.3, 0.4) is 0 Å². The van der Waals surface area contributed by atoms with Gasteiger partial charge in [-0.2, -0.15) is 0 Å². The number of benzene rings is 1. The van der Waals surface area contributed by atoms with Gasteiger partial charge in [0.2, 0.25) is 17.7 Å². The lowest BCUT2D eigenvalue weighted by Crippen LogP contribution is -2.54. The molecule has 1 rings (SSSR count). The summed E-state index contributed by atoms with van der Waals surface area (Å²) in [7, 11) is 0. The quantitative estimate of drug-likeness (QED) is 0.226. The maximum Gasteiger partial charge on any atom is 0.408 e. The van der Waals surface area contributed by atoms with Crippen molar-refractivity contribution in [2.45, 2.75) is 117 Å². The van der Waals surface area contributed by atoms with Crippen LogP contribution in [-0.2, 0) is 19.1 Å². The predicted octanol–water partition coefficient (Wildman–Crippen LogP) is 4.31. The summed E-state index contributed by atoms with van der Waals surface area (Å²) >= 11 is 0. The van der Waals surface area contributed by atoms with Gasteiger partial charge in [-0.05, 0) is 53.5 Å². The molecular weight excluding hydrogens is 500 g/mol. The second-order valence-corrected chi connectivity index (χ2v) is 11.1. The first-order chi connectivity index (χ1) is 18.3. The van der Waals surface area contributed by atoms with E-state index in [4.69, 9.17) is 10.5 Å². The lowest BCUT2D eigenvalue weighted by molar-refractivity contribution is -0.143. The first-order valence-electron chi connectivity index (χ1n) is 13.9. The molecule has 4 amide bonds. The number of phenolic OH excluding ortho intramolecular Hbond substituents is 1. The number of alkyl carbamates (subject to hydrolysis) is 1. The summed E-state index contributed by atoms with van der Waals surface area (Å²) in [6.07, 6.45) is 4.69. The number of aromatic hydroxyl groups is 1. The average Bonchev–Trinajstić information content (AvgIpc) is 2.81. The maximum atomic E-state index is 14.1. The van der Waals surface area contributed by atoms with Crippen LogP contribution in [-0.4, -0.2) is 58.1 Å². The summed E-state index contributed by atoms with van der Waals surface area (Å²) in [6.45, 7) is 11.0. The van der Waals surface area contributed by atoms with Gasteiger partial charge in [-0.1, -0.05) is 57.2 Å². The third-order valence-corrected chi connectivity index (χ3v) is 5.93. The number of amides is 4. The van der Waals surface area contributed by atoms with Gasteiger partial charge < -0.3 is 31.1 Å². The number of hydrogen-bond donors (Lipinski definition) is 4. The van der Waals surface area contributed by atoms with E-state index in [-0.39, 0.29) is 36.7 Å². The van der Waals surface area contributed by atoms with E-state index in [1.165, 1.54) is 11.0 Å². The monoisotopic (exact) mass is 548 g/mol. The number of carbonyl (C=O) groups is 4. The lowest BCUT2D eigenvalue weighted by Gasteiger charge is -2.35. The molecule has 0 radical (unpaired) electrons. The number of para-hydroxylation sites is 1. The van der Waals surface area contributed by atoms with E-state index in [0.29, 0.717) is 6.42 Å². The van der Waals surface area contributed by atoms with E-state index in [1.807, 2.05) is 0 Å². The number of nitrogens with two attached hydrogens (primary N) is 1. The van der Waals surface area contributed by atoms with Crippen LogP contribution in [0.25, 0.3) is 0 Å². The average molecular weight is 549 g/mol. The summed E-state index contributed by atoms with van der Waals surface area (Å²) in [5.41, 5.74) is 4.81. The first kappa shape index (κ1) is 33.7. The molecule has 0 aromatic heterocycles. The molecule has 0 aliphatic rings. The molecule has 39 heavy (non-hydrogen) atoms. The Kier molecular flexibility index (Phi) is 14.4. The van der Waals surface area contributed by atoms with Gasteiger partial charge >= 0.3 is 6.09 Å². The number of rotatable bonds is 16. The summed E-state index contributed by atoms with van der Waals surface area (Å²) in [5, 5.41) is 16.1. The molecule has 0 aliphatic carbocycles. The van der Waals surface area contributed by atoms with Gasteiger partial charge in [0.05, 0.1) is 0 Å². The number of hydrogen-bond acceptors (Lipinski definition) is 6. The molecule has 0 spiro atoms. The van der Waals surface area contributed by atoms with Gasteiger partial charge in [-0.25, -0.2) is 4.79 Å². The molecule has 0 aliphatic heterocycles. The summed E-state index contributed by atoms with van der Waals surface area (Å²) < 4.78 is 5.35. The highest BCUT2D eigenvalue weighted by Gasteiger charge is 2.37. The number of primary amides is 1. The highest BCUT2D eigenvalue weighted by atomic mass is 16.6. The van der Waals surface area contributed by atoms with Crippen molar-refractivity contribution in [1.82, 2.24) is 15.5 Å². The van der Waals surface area contributed by atoms with Crippen LogP contribution in [0.4, 0.5) is 4.79 Å². The number of nitrogens with one attached hydrogen (secondary N) is 2. The van der Waals surface area contributed by atoms with Gasteiger partial charge in [-0.15, -0.1) is 0 Å². The smallest absolute Gasteiger partial charge is 0.408 e. The first-order valence-corrected chi connectivity index (χ1v) is 13.9. The lowest BCUT2D eigenvalue weighted by atomic mass is 9.99. The van der Waals surface area contributed by atoms with Crippen molar-refractivity contribution in [3.05, 3.63) is 29.8 Å². The van der Waals surface area contributed by atoms with Gasteiger partial charge in [-0.3, -0.25) is 14.4 Å². The van der Waals surface area contributed by atoms with Crippen LogP contribution < -0.4 is 16.4 Å². The Morgan fingerprint density at radius 2 is 1.62 bits per heavy atom. The molecular formula is C29H48N4O6. The maximum absolute atomic E-state index is 14.1. The Balaban J connectivity index is 3.46. The summed E-state index contributed by atoms with van der Waals surface area (Å²) in [6, 6.07) is 3.82. The molecule has 2 unspecified atom stereocenters. The molecule has 0 bridgehead atoms.